The van der Waals surface area contributed by atoms with Crippen LogP contribution in [0.1, 0.15) is 32.8 Å². The number of halogens is 1. The molecule has 186 valence electrons. The van der Waals surface area contributed by atoms with Crippen LogP contribution in [0.2, 0.25) is 0 Å². The van der Waals surface area contributed by atoms with E-state index in [4.69, 9.17) is 4.74 Å². The van der Waals surface area contributed by atoms with Gasteiger partial charge in [-0.05, 0) is 50.1 Å². The third-order valence-corrected chi connectivity index (χ3v) is 6.60. The standard InChI is InChI=1S/C24H32FN3O5S/c1-6-17(2)26-24(30)18(3)27(15-19-10-12-20(25)13-11-19)23(29)16-28(34(5,31)32)21-8-7-9-22(14-21)33-4/h7-14,17-18H,6,15-16H2,1-5H3,(H,26,30). The Balaban J connectivity index is 2.38. The smallest absolute Gasteiger partial charge is 0.244 e. The SMILES string of the molecule is CCC(C)NC(=O)C(C)N(Cc1ccc(F)cc1)C(=O)CN(c1cccc(OC)c1)S(C)(=O)=O. The van der Waals surface area contributed by atoms with Crippen molar-refractivity contribution >= 4 is 27.5 Å². The molecule has 0 saturated carbocycles. The van der Waals surface area contributed by atoms with Gasteiger partial charge in [0.05, 0.1) is 19.1 Å². The number of benzene rings is 2. The summed E-state index contributed by atoms with van der Waals surface area (Å²) in [4.78, 5) is 27.6. The monoisotopic (exact) mass is 493 g/mol. The van der Waals surface area contributed by atoms with Crippen molar-refractivity contribution in [2.75, 3.05) is 24.2 Å². The summed E-state index contributed by atoms with van der Waals surface area (Å²) in [5, 5.41) is 2.85. The van der Waals surface area contributed by atoms with Gasteiger partial charge in [0, 0.05) is 18.7 Å². The van der Waals surface area contributed by atoms with E-state index >= 15 is 0 Å². The summed E-state index contributed by atoms with van der Waals surface area (Å²) in [7, 11) is -2.38. The van der Waals surface area contributed by atoms with E-state index in [1.807, 2.05) is 13.8 Å². The third-order valence-electron chi connectivity index (χ3n) is 5.46. The third kappa shape index (κ3) is 7.44. The number of sulfonamides is 1. The molecular weight excluding hydrogens is 461 g/mol. The number of carbonyl (C=O) groups excluding carboxylic acids is 2. The molecular formula is C24H32FN3O5S. The molecule has 0 heterocycles. The highest BCUT2D eigenvalue weighted by atomic mass is 32.2. The second-order valence-corrected chi connectivity index (χ2v) is 10.0. The largest absolute Gasteiger partial charge is 0.497 e. The second-order valence-electron chi connectivity index (χ2n) is 8.11. The Morgan fingerprint density at radius 3 is 2.32 bits per heavy atom. The van der Waals surface area contributed by atoms with Gasteiger partial charge in [-0.2, -0.15) is 0 Å². The summed E-state index contributed by atoms with van der Waals surface area (Å²) in [5.74, 6) is -0.935. The predicted octanol–water partition coefficient (Wildman–Crippen LogP) is 2.93. The molecule has 0 spiro atoms. The number of carbonyl (C=O) groups is 2. The van der Waals surface area contributed by atoms with Gasteiger partial charge in [0.2, 0.25) is 21.8 Å². The Hall–Kier alpha value is -3.14. The zero-order valence-corrected chi connectivity index (χ0v) is 20.9. The summed E-state index contributed by atoms with van der Waals surface area (Å²) >= 11 is 0. The van der Waals surface area contributed by atoms with E-state index in [0.717, 1.165) is 10.6 Å². The van der Waals surface area contributed by atoms with Gasteiger partial charge in [-0.1, -0.05) is 25.1 Å². The maximum atomic E-state index is 13.4. The molecule has 0 bridgehead atoms. The Labute approximate surface area is 200 Å². The van der Waals surface area contributed by atoms with Crippen LogP contribution in [0, 0.1) is 5.82 Å². The van der Waals surface area contributed by atoms with Gasteiger partial charge in [-0.25, -0.2) is 12.8 Å². The predicted molar refractivity (Wildman–Crippen MR) is 129 cm³/mol. The van der Waals surface area contributed by atoms with Crippen LogP contribution < -0.4 is 14.4 Å². The molecule has 2 amide bonds. The number of ether oxygens (including phenoxy) is 1. The highest BCUT2D eigenvalue weighted by molar-refractivity contribution is 7.92. The van der Waals surface area contributed by atoms with Gasteiger partial charge in [0.1, 0.15) is 24.2 Å². The van der Waals surface area contributed by atoms with Crippen LogP contribution in [0.25, 0.3) is 0 Å². The Morgan fingerprint density at radius 1 is 1.12 bits per heavy atom. The fourth-order valence-corrected chi connectivity index (χ4v) is 4.06. The molecule has 0 aliphatic rings. The van der Waals surface area contributed by atoms with Crippen molar-refractivity contribution in [2.24, 2.45) is 0 Å². The first-order valence-electron chi connectivity index (χ1n) is 10.9. The molecule has 2 aromatic carbocycles. The van der Waals surface area contributed by atoms with E-state index < -0.39 is 34.3 Å². The first-order chi connectivity index (χ1) is 16.0. The zero-order chi connectivity index (χ0) is 25.5. The summed E-state index contributed by atoms with van der Waals surface area (Å²) in [6, 6.07) is 10.9. The summed E-state index contributed by atoms with van der Waals surface area (Å²) < 4.78 is 44.7. The number of methoxy groups -OCH3 is 1. The van der Waals surface area contributed by atoms with Crippen LogP contribution in [-0.2, 0) is 26.2 Å². The van der Waals surface area contributed by atoms with Crippen molar-refractivity contribution < 1.29 is 27.1 Å². The number of amides is 2. The number of hydrogen-bond acceptors (Lipinski definition) is 5. The molecule has 0 aromatic heterocycles. The Morgan fingerprint density at radius 2 is 1.76 bits per heavy atom. The molecule has 2 atom stereocenters. The van der Waals surface area contributed by atoms with Gasteiger partial charge >= 0.3 is 0 Å². The van der Waals surface area contributed by atoms with Crippen LogP contribution in [0.5, 0.6) is 5.75 Å². The van der Waals surface area contributed by atoms with Gasteiger partial charge in [0.25, 0.3) is 0 Å². The average Bonchev–Trinajstić information content (AvgIpc) is 2.80. The molecule has 0 aliphatic heterocycles. The lowest BCUT2D eigenvalue weighted by atomic mass is 10.1. The maximum Gasteiger partial charge on any atom is 0.244 e. The minimum atomic E-state index is -3.84. The number of nitrogens with zero attached hydrogens (tertiary/aromatic N) is 2. The number of nitrogens with one attached hydrogen (secondary N) is 1. The summed E-state index contributed by atoms with van der Waals surface area (Å²) in [6.07, 6.45) is 1.71. The lowest BCUT2D eigenvalue weighted by molar-refractivity contribution is -0.139. The van der Waals surface area contributed by atoms with Crippen molar-refractivity contribution in [2.45, 2.75) is 45.8 Å². The topological polar surface area (TPSA) is 96.0 Å². The fourth-order valence-electron chi connectivity index (χ4n) is 3.21. The first kappa shape index (κ1) is 27.1. The van der Waals surface area contributed by atoms with Crippen molar-refractivity contribution in [1.29, 1.82) is 0 Å². The molecule has 0 aliphatic carbocycles. The molecule has 1 N–H and O–H groups in total. The molecule has 0 saturated heterocycles. The van der Waals surface area contributed by atoms with Gasteiger partial charge in [0.15, 0.2) is 0 Å². The fraction of sp³-hybridized carbons (Fsp3) is 0.417. The van der Waals surface area contributed by atoms with Crippen LogP contribution in [0.4, 0.5) is 10.1 Å². The minimum absolute atomic E-state index is 0.00389. The summed E-state index contributed by atoms with van der Waals surface area (Å²) in [5.41, 5.74) is 0.860. The van der Waals surface area contributed by atoms with Crippen LogP contribution >= 0.6 is 0 Å². The quantitative estimate of drug-likeness (QED) is 0.519. The normalized spacial score (nSPS) is 13.0. The Bertz CT molecular complexity index is 1090. The van der Waals surface area contributed by atoms with E-state index in [1.54, 1.807) is 25.1 Å². The zero-order valence-electron chi connectivity index (χ0n) is 20.1. The van der Waals surface area contributed by atoms with E-state index in [-0.39, 0.29) is 24.2 Å². The molecule has 0 radical (unpaired) electrons. The number of hydrogen-bond donors (Lipinski definition) is 1. The Kier molecular flexibility index (Phi) is 9.43. The van der Waals surface area contributed by atoms with Crippen molar-refractivity contribution in [3.63, 3.8) is 0 Å². The molecule has 10 heteroatoms. The van der Waals surface area contributed by atoms with E-state index in [9.17, 15) is 22.4 Å². The number of rotatable bonds is 11. The van der Waals surface area contributed by atoms with E-state index in [2.05, 4.69) is 5.32 Å². The first-order valence-corrected chi connectivity index (χ1v) is 12.8. The molecule has 34 heavy (non-hydrogen) atoms. The van der Waals surface area contributed by atoms with Gasteiger partial charge in [-0.3, -0.25) is 13.9 Å². The van der Waals surface area contributed by atoms with Crippen LogP contribution in [0.15, 0.2) is 48.5 Å². The molecule has 2 rings (SSSR count). The average molecular weight is 494 g/mol. The van der Waals surface area contributed by atoms with Crippen LogP contribution in [-0.4, -0.2) is 57.1 Å². The lowest BCUT2D eigenvalue weighted by Gasteiger charge is -2.32. The summed E-state index contributed by atoms with van der Waals surface area (Å²) in [6.45, 7) is 4.84. The van der Waals surface area contributed by atoms with Gasteiger partial charge < -0.3 is 15.0 Å². The minimum Gasteiger partial charge on any atom is -0.497 e. The second kappa shape index (κ2) is 11.8. The van der Waals surface area contributed by atoms with Crippen molar-refractivity contribution in [3.05, 3.63) is 59.9 Å². The van der Waals surface area contributed by atoms with Crippen molar-refractivity contribution in [1.82, 2.24) is 10.2 Å². The number of anilines is 1. The van der Waals surface area contributed by atoms with E-state index in [1.165, 1.54) is 42.3 Å². The highest BCUT2D eigenvalue weighted by Crippen LogP contribution is 2.23. The highest BCUT2D eigenvalue weighted by Gasteiger charge is 2.30. The molecule has 2 unspecified atom stereocenters. The van der Waals surface area contributed by atoms with Crippen molar-refractivity contribution in [3.8, 4) is 5.75 Å². The van der Waals surface area contributed by atoms with E-state index in [0.29, 0.717) is 17.7 Å². The lowest BCUT2D eigenvalue weighted by Crippen LogP contribution is -2.52. The van der Waals surface area contributed by atoms with Crippen LogP contribution in [0.3, 0.4) is 0 Å². The molecule has 8 nitrogen and oxygen atoms in total. The maximum absolute atomic E-state index is 13.4. The molecule has 2 aromatic rings. The molecule has 0 fully saturated rings. The van der Waals surface area contributed by atoms with Gasteiger partial charge in [-0.15, -0.1) is 0 Å².